The van der Waals surface area contributed by atoms with Gasteiger partial charge in [0.1, 0.15) is 0 Å². The number of carbonyl (C=O) groups is 2. The van der Waals surface area contributed by atoms with Crippen LogP contribution in [0.1, 0.15) is 47.1 Å². The van der Waals surface area contributed by atoms with Crippen molar-refractivity contribution in [2.24, 2.45) is 0 Å². The number of rotatable bonds is 7. The van der Waals surface area contributed by atoms with Crippen molar-refractivity contribution < 1.29 is 14.3 Å². The van der Waals surface area contributed by atoms with E-state index in [9.17, 15) is 9.59 Å². The minimum Gasteiger partial charge on any atom is -0.451 e. The normalized spacial score (nSPS) is 11.7. The van der Waals surface area contributed by atoms with Gasteiger partial charge >= 0.3 is 5.97 Å². The number of hydrogen-bond donors (Lipinski definition) is 0. The molecule has 0 bridgehead atoms. The number of Topliss-reactive ketones (excluding diaryl/α,β-unsaturated/α-hetero) is 1. The van der Waals surface area contributed by atoms with Gasteiger partial charge in [0.05, 0.1) is 5.56 Å². The molecule has 0 fully saturated rings. The summed E-state index contributed by atoms with van der Waals surface area (Å²) in [6, 6.07) is 14.5. The fourth-order valence-corrected chi connectivity index (χ4v) is 2.63. The fourth-order valence-electron chi connectivity index (χ4n) is 2.63. The second kappa shape index (κ2) is 8.47. The molecule has 0 aliphatic carbocycles. The highest BCUT2D eigenvalue weighted by molar-refractivity contribution is 6.01. The van der Waals surface area contributed by atoms with Gasteiger partial charge in [-0.1, -0.05) is 29.8 Å². The van der Waals surface area contributed by atoms with Crippen molar-refractivity contribution in [3.05, 3.63) is 65.2 Å². The largest absolute Gasteiger partial charge is 0.451 e. The Hall–Kier alpha value is -2.62. The molecule has 2 aromatic rings. The maximum Gasteiger partial charge on any atom is 0.338 e. The molecule has 0 aliphatic rings. The van der Waals surface area contributed by atoms with E-state index >= 15 is 0 Å². The van der Waals surface area contributed by atoms with Gasteiger partial charge in [-0.05, 0) is 52.0 Å². The standard InChI is InChI=1S/C21H25NO3/c1-5-22(6-2)19-13-11-18(12-14-19)21(24)25-16(4)20(23)17-9-7-15(3)8-10-17/h7-14,16H,5-6H2,1-4H3/t16-/m1/s1. The first-order chi connectivity index (χ1) is 12.0. The Labute approximate surface area is 149 Å². The molecule has 2 rings (SSSR count). The molecule has 4 heteroatoms. The molecule has 25 heavy (non-hydrogen) atoms. The van der Waals surface area contributed by atoms with Crippen LogP contribution >= 0.6 is 0 Å². The van der Waals surface area contributed by atoms with Crippen LogP contribution in [0.3, 0.4) is 0 Å². The van der Waals surface area contributed by atoms with Gasteiger partial charge in [-0.2, -0.15) is 0 Å². The zero-order valence-electron chi connectivity index (χ0n) is 15.3. The van der Waals surface area contributed by atoms with Crippen LogP contribution < -0.4 is 4.90 Å². The highest BCUT2D eigenvalue weighted by atomic mass is 16.5. The van der Waals surface area contributed by atoms with E-state index in [4.69, 9.17) is 4.74 Å². The molecular weight excluding hydrogens is 314 g/mol. The molecule has 0 amide bonds. The van der Waals surface area contributed by atoms with E-state index in [1.54, 1.807) is 31.2 Å². The Morgan fingerprint density at radius 1 is 0.920 bits per heavy atom. The van der Waals surface area contributed by atoms with E-state index in [2.05, 4.69) is 18.7 Å². The third kappa shape index (κ3) is 4.69. The number of esters is 1. The molecule has 2 aromatic carbocycles. The summed E-state index contributed by atoms with van der Waals surface area (Å²) >= 11 is 0. The van der Waals surface area contributed by atoms with Gasteiger partial charge in [-0.25, -0.2) is 4.79 Å². The average molecular weight is 339 g/mol. The van der Waals surface area contributed by atoms with E-state index in [1.807, 2.05) is 31.2 Å². The SMILES string of the molecule is CCN(CC)c1ccc(C(=O)O[C@H](C)C(=O)c2ccc(C)cc2)cc1. The number of hydrogen-bond acceptors (Lipinski definition) is 4. The smallest absolute Gasteiger partial charge is 0.338 e. The van der Waals surface area contributed by atoms with E-state index in [1.165, 1.54) is 0 Å². The number of nitrogens with zero attached hydrogens (tertiary/aromatic N) is 1. The fraction of sp³-hybridized carbons (Fsp3) is 0.333. The van der Waals surface area contributed by atoms with Crippen LogP contribution in [-0.4, -0.2) is 30.9 Å². The zero-order chi connectivity index (χ0) is 18.4. The lowest BCUT2D eigenvalue weighted by Crippen LogP contribution is -2.24. The minimum absolute atomic E-state index is 0.201. The first-order valence-electron chi connectivity index (χ1n) is 8.63. The van der Waals surface area contributed by atoms with E-state index in [0.29, 0.717) is 11.1 Å². The van der Waals surface area contributed by atoms with Crippen LogP contribution in [0, 0.1) is 6.92 Å². The predicted molar refractivity (Wildman–Crippen MR) is 100 cm³/mol. The lowest BCUT2D eigenvalue weighted by molar-refractivity contribution is 0.0319. The average Bonchev–Trinajstić information content (AvgIpc) is 2.63. The number of ether oxygens (including phenoxy) is 1. The second-order valence-electron chi connectivity index (χ2n) is 6.00. The Morgan fingerprint density at radius 2 is 1.44 bits per heavy atom. The van der Waals surface area contributed by atoms with E-state index in [0.717, 1.165) is 24.3 Å². The summed E-state index contributed by atoms with van der Waals surface area (Å²) in [5.41, 5.74) is 3.13. The quantitative estimate of drug-likeness (QED) is 0.558. The predicted octanol–water partition coefficient (Wildman–Crippen LogP) is 4.27. The van der Waals surface area contributed by atoms with Crippen molar-refractivity contribution in [1.82, 2.24) is 0 Å². The maximum absolute atomic E-state index is 12.4. The van der Waals surface area contributed by atoms with Crippen molar-refractivity contribution in [2.75, 3.05) is 18.0 Å². The van der Waals surface area contributed by atoms with Crippen LogP contribution in [0.4, 0.5) is 5.69 Å². The van der Waals surface area contributed by atoms with Crippen molar-refractivity contribution in [2.45, 2.75) is 33.8 Å². The van der Waals surface area contributed by atoms with Crippen LogP contribution in [0.5, 0.6) is 0 Å². The first-order valence-corrected chi connectivity index (χ1v) is 8.63. The number of aryl methyl sites for hydroxylation is 1. The molecule has 0 saturated carbocycles. The molecule has 0 aliphatic heterocycles. The van der Waals surface area contributed by atoms with Gasteiger partial charge in [-0.15, -0.1) is 0 Å². The van der Waals surface area contributed by atoms with E-state index in [-0.39, 0.29) is 5.78 Å². The minimum atomic E-state index is -0.822. The zero-order valence-corrected chi connectivity index (χ0v) is 15.3. The lowest BCUT2D eigenvalue weighted by atomic mass is 10.1. The summed E-state index contributed by atoms with van der Waals surface area (Å²) in [6.07, 6.45) is -0.822. The summed E-state index contributed by atoms with van der Waals surface area (Å²) in [7, 11) is 0. The number of carbonyl (C=O) groups excluding carboxylic acids is 2. The summed E-state index contributed by atoms with van der Waals surface area (Å²) in [5, 5.41) is 0. The molecular formula is C21H25NO3. The maximum atomic E-state index is 12.4. The summed E-state index contributed by atoms with van der Waals surface area (Å²) in [4.78, 5) is 26.8. The highest BCUT2D eigenvalue weighted by Crippen LogP contribution is 2.16. The molecule has 4 nitrogen and oxygen atoms in total. The van der Waals surface area contributed by atoms with Crippen molar-refractivity contribution in [3.63, 3.8) is 0 Å². The number of ketones is 1. The summed E-state index contributed by atoms with van der Waals surface area (Å²) in [6.45, 7) is 9.54. The molecule has 0 saturated heterocycles. The highest BCUT2D eigenvalue weighted by Gasteiger charge is 2.20. The van der Waals surface area contributed by atoms with Gasteiger partial charge in [0.2, 0.25) is 5.78 Å². The van der Waals surface area contributed by atoms with E-state index < -0.39 is 12.1 Å². The molecule has 1 atom stereocenters. The van der Waals surface area contributed by atoms with Crippen molar-refractivity contribution >= 4 is 17.4 Å². The third-order valence-corrected chi connectivity index (χ3v) is 4.22. The molecule has 0 aromatic heterocycles. The van der Waals surface area contributed by atoms with Crippen LogP contribution in [0.25, 0.3) is 0 Å². The van der Waals surface area contributed by atoms with Gasteiger partial charge in [-0.3, -0.25) is 4.79 Å². The monoisotopic (exact) mass is 339 g/mol. The van der Waals surface area contributed by atoms with Gasteiger partial charge in [0.25, 0.3) is 0 Å². The Morgan fingerprint density at radius 3 is 1.96 bits per heavy atom. The summed E-state index contributed by atoms with van der Waals surface area (Å²) in [5.74, 6) is -0.688. The molecule has 132 valence electrons. The Bertz CT molecular complexity index is 716. The Kier molecular flexibility index (Phi) is 6.34. The Balaban J connectivity index is 2.03. The number of benzene rings is 2. The van der Waals surface area contributed by atoms with Crippen molar-refractivity contribution in [3.8, 4) is 0 Å². The van der Waals surface area contributed by atoms with Gasteiger partial charge in [0, 0.05) is 24.3 Å². The van der Waals surface area contributed by atoms with Gasteiger partial charge in [0.15, 0.2) is 6.10 Å². The lowest BCUT2D eigenvalue weighted by Gasteiger charge is -2.21. The molecule has 0 N–H and O–H groups in total. The molecule has 0 radical (unpaired) electrons. The van der Waals surface area contributed by atoms with Gasteiger partial charge < -0.3 is 9.64 Å². The topological polar surface area (TPSA) is 46.6 Å². The first kappa shape index (κ1) is 18.7. The molecule has 0 heterocycles. The van der Waals surface area contributed by atoms with Crippen LogP contribution in [0.2, 0.25) is 0 Å². The summed E-state index contributed by atoms with van der Waals surface area (Å²) < 4.78 is 5.33. The molecule has 0 spiro atoms. The number of anilines is 1. The van der Waals surface area contributed by atoms with Crippen LogP contribution in [0.15, 0.2) is 48.5 Å². The molecule has 0 unspecified atom stereocenters. The van der Waals surface area contributed by atoms with Crippen LogP contribution in [-0.2, 0) is 4.74 Å². The second-order valence-corrected chi connectivity index (χ2v) is 6.00. The van der Waals surface area contributed by atoms with Crippen molar-refractivity contribution in [1.29, 1.82) is 0 Å². The third-order valence-electron chi connectivity index (χ3n) is 4.22.